The first kappa shape index (κ1) is 117. The lowest BCUT2D eigenvalue weighted by Gasteiger charge is -2.33. The Bertz CT molecular complexity index is 4380. The number of benzene rings is 5. The van der Waals surface area contributed by atoms with Crippen LogP contribution in [0.2, 0.25) is 0 Å². The van der Waals surface area contributed by atoms with Crippen molar-refractivity contribution in [3.05, 3.63) is 149 Å². The molecule has 720 valence electrons. The minimum atomic E-state index is -1.32. The van der Waals surface area contributed by atoms with Crippen molar-refractivity contribution in [1.82, 2.24) is 0 Å². The van der Waals surface area contributed by atoms with Crippen LogP contribution in [0.4, 0.5) is 0 Å². The van der Waals surface area contributed by atoms with Gasteiger partial charge in [-0.2, -0.15) is 0 Å². The number of carbonyl (C=O) groups is 15. The molecule has 0 aromatic heterocycles. The van der Waals surface area contributed by atoms with Crippen molar-refractivity contribution in [2.75, 3.05) is 66.1 Å². The Balaban J connectivity index is 0.000000814. The topological polar surface area (TPSA) is 348 Å². The van der Waals surface area contributed by atoms with Crippen LogP contribution >= 0.6 is 0 Å². The average molecular weight is 1810 g/mol. The maximum Gasteiger partial charge on any atom is 0.324 e. The van der Waals surface area contributed by atoms with E-state index >= 15 is 0 Å². The lowest BCUT2D eigenvalue weighted by Crippen LogP contribution is -2.32. The number of carbonyl (C=O) groups excluding carboxylic acids is 15. The van der Waals surface area contributed by atoms with E-state index in [1.165, 1.54) is 51.3 Å². The smallest absolute Gasteiger partial charge is 0.324 e. The zero-order chi connectivity index (χ0) is 98.7. The summed E-state index contributed by atoms with van der Waals surface area (Å²) in [6, 6.07) is 39.4. The Kier molecular flexibility index (Phi) is 54.9. The largest absolute Gasteiger partial charge is 0.494 e. The Labute approximate surface area is 773 Å². The van der Waals surface area contributed by atoms with Gasteiger partial charge in [0.1, 0.15) is 28.7 Å². The van der Waals surface area contributed by atoms with Crippen molar-refractivity contribution in [3.8, 4) is 28.7 Å². The average Bonchev–Trinajstić information content (AvgIpc) is 0.833. The van der Waals surface area contributed by atoms with Gasteiger partial charge in [0.05, 0.1) is 66.1 Å². The number of Topliss-reactive ketones (excluding diaryl/α,β-unsaturated/α-hetero) is 10. The lowest BCUT2D eigenvalue weighted by molar-refractivity contribution is -0.157. The van der Waals surface area contributed by atoms with Crippen molar-refractivity contribution in [3.63, 3.8) is 0 Å². The molecule has 5 atom stereocenters. The van der Waals surface area contributed by atoms with Crippen molar-refractivity contribution >= 4 is 87.7 Å². The number of ketones is 10. The van der Waals surface area contributed by atoms with Crippen molar-refractivity contribution in [1.29, 1.82) is 0 Å². The molecule has 5 unspecified atom stereocenters. The van der Waals surface area contributed by atoms with E-state index in [4.69, 9.17) is 47.4 Å². The van der Waals surface area contributed by atoms with Gasteiger partial charge in [-0.3, -0.25) is 71.9 Å². The van der Waals surface area contributed by atoms with Crippen LogP contribution in [-0.2, 0) is 112 Å². The minimum absolute atomic E-state index is 0.0456. The molecular weight excluding hydrogens is 1660 g/mol. The van der Waals surface area contributed by atoms with Crippen LogP contribution in [-0.4, -0.2) is 154 Å². The molecule has 0 aliphatic heterocycles. The van der Waals surface area contributed by atoms with Gasteiger partial charge in [-0.25, -0.2) is 0 Å². The second-order valence-corrected chi connectivity index (χ2v) is 35.9. The third-order valence-corrected chi connectivity index (χ3v) is 20.8. The molecule has 0 radical (unpaired) electrons. The summed E-state index contributed by atoms with van der Waals surface area (Å²) in [5, 5.41) is 0. The van der Waals surface area contributed by atoms with Gasteiger partial charge in [-0.05, 0) is 224 Å². The highest BCUT2D eigenvalue weighted by atomic mass is 16.6. The van der Waals surface area contributed by atoms with E-state index in [1.807, 2.05) is 104 Å². The molecule has 0 bridgehead atoms. The van der Waals surface area contributed by atoms with Gasteiger partial charge < -0.3 is 47.4 Å². The van der Waals surface area contributed by atoms with Crippen molar-refractivity contribution in [2.45, 2.75) is 291 Å². The molecule has 5 aromatic rings. The summed E-state index contributed by atoms with van der Waals surface area (Å²) in [6.45, 7) is 49.7. The van der Waals surface area contributed by atoms with E-state index in [2.05, 4.69) is 128 Å². The molecule has 0 fully saturated rings. The molecule has 0 N–H and O–H groups in total. The van der Waals surface area contributed by atoms with Crippen molar-refractivity contribution < 1.29 is 119 Å². The predicted molar refractivity (Wildman–Crippen MR) is 501 cm³/mol. The number of hydrogen-bond donors (Lipinski definition) is 0. The third kappa shape index (κ3) is 44.6. The molecule has 0 aliphatic carbocycles. The molecule has 0 spiro atoms. The van der Waals surface area contributed by atoms with E-state index in [9.17, 15) is 71.9 Å². The van der Waals surface area contributed by atoms with Crippen LogP contribution in [0.1, 0.15) is 303 Å². The van der Waals surface area contributed by atoms with Crippen LogP contribution in [0, 0.1) is 35.0 Å². The van der Waals surface area contributed by atoms with Crippen LogP contribution in [0.3, 0.4) is 0 Å². The van der Waals surface area contributed by atoms with Gasteiger partial charge in [0.25, 0.3) is 0 Å². The van der Waals surface area contributed by atoms with Gasteiger partial charge in [0.15, 0.2) is 87.4 Å². The highest BCUT2D eigenvalue weighted by Crippen LogP contribution is 2.38. The predicted octanol–water partition coefficient (Wildman–Crippen LogP) is 19.6. The van der Waals surface area contributed by atoms with Gasteiger partial charge >= 0.3 is 29.8 Å². The molecular formula is C105H150O25. The number of hydrogen-bond acceptors (Lipinski definition) is 25. The first-order chi connectivity index (χ1) is 61.0. The summed E-state index contributed by atoms with van der Waals surface area (Å²) in [5.41, 5.74) is 6.33. The monoisotopic (exact) mass is 1810 g/mol. The molecule has 0 saturated heterocycles. The van der Waals surface area contributed by atoms with E-state index < -0.39 is 117 Å². The van der Waals surface area contributed by atoms with E-state index in [-0.39, 0.29) is 86.8 Å². The second kappa shape index (κ2) is 60.9. The number of rotatable bonds is 53. The van der Waals surface area contributed by atoms with Gasteiger partial charge in [-0.1, -0.05) is 190 Å². The van der Waals surface area contributed by atoms with Crippen LogP contribution in [0.15, 0.2) is 121 Å². The fourth-order valence-electron chi connectivity index (χ4n) is 13.7. The zero-order valence-electron chi connectivity index (χ0n) is 82.3. The van der Waals surface area contributed by atoms with Gasteiger partial charge in [0.2, 0.25) is 0 Å². The SMILES string of the molecule is CCCCOC(=O)C(C(C)=O)C(=O)CCCOc1ccc(C(C)(C)CC)cc1.CCOC(=O)C(C(C)=O)C(=O)CCCOc1ccc(C(C)(C)CC(C)(C)C)cc1.CCOC(=O)C(C(C)=O)C(=O)CCCOc1ccc(C(C)C)cc1.CCOC(=O)C(C(C)=O)C(=O)CCCOc1ccccc1C(C)(C)C.CCOC(=O)C(C(C)=O)C(=O)CCCOc1ccccc1C(C)C. The lowest BCUT2D eigenvalue weighted by atomic mass is 9.72. The molecule has 0 saturated carbocycles. The Morgan fingerprint density at radius 3 is 0.869 bits per heavy atom. The fraction of sp³-hybridized carbons (Fsp3) is 0.571. The number of ether oxygens (including phenoxy) is 10. The normalized spacial score (nSPS) is 12.3. The summed E-state index contributed by atoms with van der Waals surface area (Å²) in [4.78, 5) is 178. The molecule has 25 heteroatoms. The van der Waals surface area contributed by atoms with Crippen molar-refractivity contribution in [2.24, 2.45) is 35.0 Å². The second-order valence-electron chi connectivity index (χ2n) is 35.9. The standard InChI is InChI=1S/C24H36O5.C23H34O5.C20H28O5.2C19H26O5/c1-8-28-22(27)21(17(2)25)20(26)10-9-15-29-19-13-11-18(12-14-19)24(6,7)16-23(3,4)5;1-6-8-15-28-22(26)21(17(3)24)20(25)10-9-16-27-19-13-11-18(12-14-19)23(4,5)7-2;1-6-24-19(23)18(14(2)21)16(22)11-9-13-25-17-12-8-7-10-15(17)20(3,4)5;1-5-23-19(22)18(14(4)20)17(21)7-6-12-24-16-10-8-15(9-11-16)13(2)3;1-5-23-19(22)18(14(4)20)16(21)10-8-12-24-17-11-7-6-9-15(17)13(2)3/h11-14,21H,8-10,15-16H2,1-7H3;11-14,21H,6-10,15-16H2,1-5H3;7-8,10,12,18H,6,9,11,13H2,1-5H3;8-11,13,18H,5-7,12H2,1-4H3;6-7,9,11,13,18H,5,8,10,12H2,1-4H3. The molecule has 0 amide bonds. The molecule has 5 rings (SSSR count). The third-order valence-electron chi connectivity index (χ3n) is 20.8. The highest BCUT2D eigenvalue weighted by molar-refractivity contribution is 6.19. The van der Waals surface area contributed by atoms with Crippen LogP contribution in [0.5, 0.6) is 28.7 Å². The molecule has 25 nitrogen and oxygen atoms in total. The zero-order valence-corrected chi connectivity index (χ0v) is 82.3. The first-order valence-corrected chi connectivity index (χ1v) is 45.6. The van der Waals surface area contributed by atoms with Gasteiger partial charge in [0, 0.05) is 32.1 Å². The van der Waals surface area contributed by atoms with Crippen LogP contribution in [0.25, 0.3) is 0 Å². The minimum Gasteiger partial charge on any atom is -0.494 e. The molecule has 0 aliphatic rings. The van der Waals surface area contributed by atoms with E-state index in [0.717, 1.165) is 59.1 Å². The highest BCUT2D eigenvalue weighted by Gasteiger charge is 2.37. The maximum atomic E-state index is 12.3. The quantitative estimate of drug-likeness (QED) is 0.0151. The van der Waals surface area contributed by atoms with Gasteiger partial charge in [-0.15, -0.1) is 0 Å². The number of esters is 5. The summed E-state index contributed by atoms with van der Waals surface area (Å²) < 4.78 is 52.8. The van der Waals surface area contributed by atoms with Crippen LogP contribution < -0.4 is 23.7 Å². The fourth-order valence-corrected chi connectivity index (χ4v) is 13.7. The van der Waals surface area contributed by atoms with E-state index in [1.54, 1.807) is 27.7 Å². The van der Waals surface area contributed by atoms with E-state index in [0.29, 0.717) is 83.4 Å². The molecule has 0 heterocycles. The summed E-state index contributed by atoms with van der Waals surface area (Å²) in [7, 11) is 0. The molecule has 130 heavy (non-hydrogen) atoms. The summed E-state index contributed by atoms with van der Waals surface area (Å²) in [5.74, 6) is -10.2. The first-order valence-electron chi connectivity index (χ1n) is 45.6. The Hall–Kier alpha value is -10.9. The summed E-state index contributed by atoms with van der Waals surface area (Å²) in [6.07, 6.45) is 6.39. The summed E-state index contributed by atoms with van der Waals surface area (Å²) >= 11 is 0. The maximum absolute atomic E-state index is 12.3. The Morgan fingerprint density at radius 2 is 0.585 bits per heavy atom. The number of para-hydroxylation sites is 2. The Morgan fingerprint density at radius 1 is 0.300 bits per heavy atom. The molecule has 5 aromatic carbocycles. The number of unbranched alkanes of at least 4 members (excludes halogenated alkanes) is 1.